The van der Waals surface area contributed by atoms with Crippen LogP contribution in [0.1, 0.15) is 46.4 Å². The highest BCUT2D eigenvalue weighted by Gasteiger charge is 2.28. The van der Waals surface area contributed by atoms with Gasteiger partial charge < -0.3 is 19.5 Å². The highest BCUT2D eigenvalue weighted by atomic mass is 32.1. The van der Waals surface area contributed by atoms with Gasteiger partial charge in [0.25, 0.3) is 5.91 Å². The first-order valence-electron chi connectivity index (χ1n) is 8.89. The van der Waals surface area contributed by atoms with E-state index >= 15 is 0 Å². The van der Waals surface area contributed by atoms with Crippen molar-refractivity contribution < 1.29 is 28.6 Å². The van der Waals surface area contributed by atoms with Gasteiger partial charge in [-0.15, -0.1) is 11.3 Å². The number of benzene rings is 1. The number of rotatable bonds is 8. The van der Waals surface area contributed by atoms with Crippen LogP contribution in [0.2, 0.25) is 0 Å². The van der Waals surface area contributed by atoms with E-state index in [1.165, 1.54) is 0 Å². The fourth-order valence-corrected chi connectivity index (χ4v) is 3.50. The summed E-state index contributed by atoms with van der Waals surface area (Å²) in [5, 5.41) is 2.90. The second-order valence-electron chi connectivity index (χ2n) is 5.76. The van der Waals surface area contributed by atoms with Gasteiger partial charge in [-0.25, -0.2) is 9.59 Å². The Kier molecular flexibility index (Phi) is 7.57. The van der Waals surface area contributed by atoms with Gasteiger partial charge in [0, 0.05) is 0 Å². The minimum atomic E-state index is -0.814. The summed E-state index contributed by atoms with van der Waals surface area (Å²) in [6.07, 6.45) is -0.814. The summed E-state index contributed by atoms with van der Waals surface area (Å²) in [6.45, 7) is 6.96. The van der Waals surface area contributed by atoms with Gasteiger partial charge in [-0.05, 0) is 45.4 Å². The summed E-state index contributed by atoms with van der Waals surface area (Å²) in [6, 6.07) is 8.92. The molecule has 7 nitrogen and oxygen atoms in total. The van der Waals surface area contributed by atoms with E-state index in [0.29, 0.717) is 11.3 Å². The largest absolute Gasteiger partial charge is 0.481 e. The Morgan fingerprint density at radius 1 is 1.04 bits per heavy atom. The Labute approximate surface area is 167 Å². The molecule has 0 saturated carbocycles. The molecular weight excluding hydrogens is 382 g/mol. The molecule has 0 bridgehead atoms. The lowest BCUT2D eigenvalue weighted by Crippen LogP contribution is -2.30. The van der Waals surface area contributed by atoms with Crippen molar-refractivity contribution in [2.24, 2.45) is 0 Å². The van der Waals surface area contributed by atoms with E-state index in [1.54, 1.807) is 52.0 Å². The molecule has 0 aliphatic rings. The average Bonchev–Trinajstić information content (AvgIpc) is 2.99. The minimum absolute atomic E-state index is 0.148. The number of carbonyl (C=O) groups excluding carboxylic acids is 3. The number of para-hydroxylation sites is 1. The van der Waals surface area contributed by atoms with Crippen molar-refractivity contribution in [3.05, 3.63) is 46.3 Å². The Hall–Kier alpha value is -2.87. The fraction of sp³-hybridized carbons (Fsp3) is 0.350. The molecule has 150 valence electrons. The Balaban J connectivity index is 2.26. The minimum Gasteiger partial charge on any atom is -0.481 e. The van der Waals surface area contributed by atoms with Crippen LogP contribution < -0.4 is 10.1 Å². The number of nitrogens with one attached hydrogen (secondary N) is 1. The molecule has 0 saturated heterocycles. The van der Waals surface area contributed by atoms with E-state index in [-0.39, 0.29) is 28.7 Å². The molecule has 0 fully saturated rings. The second kappa shape index (κ2) is 9.89. The highest BCUT2D eigenvalue weighted by molar-refractivity contribution is 7.18. The van der Waals surface area contributed by atoms with Gasteiger partial charge >= 0.3 is 11.9 Å². The third-order valence-corrected chi connectivity index (χ3v) is 4.94. The predicted molar refractivity (Wildman–Crippen MR) is 106 cm³/mol. The molecule has 0 spiro atoms. The zero-order valence-corrected chi connectivity index (χ0v) is 17.1. The lowest BCUT2D eigenvalue weighted by molar-refractivity contribution is -0.122. The van der Waals surface area contributed by atoms with Crippen LogP contribution in [0.3, 0.4) is 0 Å². The lowest BCUT2D eigenvalue weighted by atomic mass is 10.1. The first-order chi connectivity index (χ1) is 13.4. The van der Waals surface area contributed by atoms with E-state index in [9.17, 15) is 14.4 Å². The number of amides is 1. The molecule has 0 radical (unpaired) electrons. The van der Waals surface area contributed by atoms with Crippen LogP contribution in [0.15, 0.2) is 30.3 Å². The summed E-state index contributed by atoms with van der Waals surface area (Å²) in [5.74, 6) is -1.07. The zero-order valence-electron chi connectivity index (χ0n) is 16.2. The topological polar surface area (TPSA) is 90.9 Å². The number of ether oxygens (including phenoxy) is 3. The normalized spacial score (nSPS) is 11.4. The van der Waals surface area contributed by atoms with Crippen LogP contribution in [-0.4, -0.2) is 37.2 Å². The van der Waals surface area contributed by atoms with Crippen LogP contribution in [0, 0.1) is 6.92 Å². The van der Waals surface area contributed by atoms with Gasteiger partial charge in [-0.1, -0.05) is 18.2 Å². The first kappa shape index (κ1) is 21.4. The Morgan fingerprint density at radius 2 is 1.64 bits per heavy atom. The van der Waals surface area contributed by atoms with Crippen LogP contribution in [0.4, 0.5) is 5.00 Å². The monoisotopic (exact) mass is 405 g/mol. The second-order valence-corrected chi connectivity index (χ2v) is 6.78. The quantitative estimate of drug-likeness (QED) is 0.672. The van der Waals surface area contributed by atoms with Gasteiger partial charge in [-0.3, -0.25) is 4.79 Å². The molecule has 1 aromatic heterocycles. The van der Waals surface area contributed by atoms with Crippen molar-refractivity contribution in [1.82, 2.24) is 0 Å². The van der Waals surface area contributed by atoms with E-state index in [0.717, 1.165) is 11.3 Å². The molecule has 1 unspecified atom stereocenters. The number of hydrogen-bond acceptors (Lipinski definition) is 7. The molecule has 0 aliphatic carbocycles. The van der Waals surface area contributed by atoms with Crippen molar-refractivity contribution in [3.63, 3.8) is 0 Å². The van der Waals surface area contributed by atoms with Crippen LogP contribution in [-0.2, 0) is 14.3 Å². The molecule has 1 amide bonds. The van der Waals surface area contributed by atoms with Gasteiger partial charge in [0.15, 0.2) is 6.10 Å². The molecular formula is C20H23NO6S. The summed E-state index contributed by atoms with van der Waals surface area (Å²) in [7, 11) is 0. The molecule has 2 aromatic rings. The van der Waals surface area contributed by atoms with Gasteiger partial charge in [0.1, 0.15) is 15.6 Å². The van der Waals surface area contributed by atoms with Crippen LogP contribution in [0.25, 0.3) is 0 Å². The standard InChI is InChI=1S/C20H23NO6S/c1-5-25-19(23)15-12(3)16(20(24)26-6-2)28-18(15)21-17(22)13(4)27-14-10-8-7-9-11-14/h7-11,13H,5-6H2,1-4H3,(H,21,22). The van der Waals surface area contributed by atoms with Crippen molar-refractivity contribution in [3.8, 4) is 5.75 Å². The van der Waals surface area contributed by atoms with Gasteiger partial charge in [-0.2, -0.15) is 0 Å². The smallest absolute Gasteiger partial charge is 0.348 e. The summed E-state index contributed by atoms with van der Waals surface area (Å²) >= 11 is 0.978. The van der Waals surface area contributed by atoms with Crippen molar-refractivity contribution in [2.45, 2.75) is 33.8 Å². The number of anilines is 1. The van der Waals surface area contributed by atoms with Crippen LogP contribution >= 0.6 is 11.3 Å². The third-order valence-electron chi connectivity index (χ3n) is 3.75. The number of hydrogen-bond donors (Lipinski definition) is 1. The number of carbonyl (C=O) groups is 3. The average molecular weight is 405 g/mol. The number of thiophene rings is 1. The van der Waals surface area contributed by atoms with Crippen molar-refractivity contribution in [2.75, 3.05) is 18.5 Å². The molecule has 1 N–H and O–H groups in total. The lowest BCUT2D eigenvalue weighted by Gasteiger charge is -2.14. The fourth-order valence-electron chi connectivity index (χ4n) is 2.41. The summed E-state index contributed by atoms with van der Waals surface area (Å²) in [4.78, 5) is 37.4. The first-order valence-corrected chi connectivity index (χ1v) is 9.70. The molecule has 28 heavy (non-hydrogen) atoms. The maximum Gasteiger partial charge on any atom is 0.348 e. The highest BCUT2D eigenvalue weighted by Crippen LogP contribution is 2.34. The van der Waals surface area contributed by atoms with Gasteiger partial charge in [0.05, 0.1) is 18.8 Å². The van der Waals surface area contributed by atoms with E-state index < -0.39 is 23.9 Å². The van der Waals surface area contributed by atoms with Crippen molar-refractivity contribution >= 4 is 34.2 Å². The maximum atomic E-state index is 12.6. The van der Waals surface area contributed by atoms with E-state index in [4.69, 9.17) is 14.2 Å². The van der Waals surface area contributed by atoms with Gasteiger partial charge in [0.2, 0.25) is 0 Å². The molecule has 1 atom stereocenters. The predicted octanol–water partition coefficient (Wildman–Crippen LogP) is 3.82. The summed E-state index contributed by atoms with van der Waals surface area (Å²) < 4.78 is 15.7. The maximum absolute atomic E-state index is 12.6. The summed E-state index contributed by atoms with van der Waals surface area (Å²) in [5.41, 5.74) is 0.559. The molecule has 0 aliphatic heterocycles. The Morgan fingerprint density at radius 3 is 2.25 bits per heavy atom. The molecule has 2 rings (SSSR count). The van der Waals surface area contributed by atoms with E-state index in [1.807, 2.05) is 6.07 Å². The van der Waals surface area contributed by atoms with Crippen molar-refractivity contribution in [1.29, 1.82) is 0 Å². The van der Waals surface area contributed by atoms with E-state index in [2.05, 4.69) is 5.32 Å². The zero-order chi connectivity index (χ0) is 20.7. The third kappa shape index (κ3) is 5.10. The van der Waals surface area contributed by atoms with Crippen LogP contribution in [0.5, 0.6) is 5.75 Å². The molecule has 1 aromatic carbocycles. The number of esters is 2. The SMILES string of the molecule is CCOC(=O)c1sc(NC(=O)C(C)Oc2ccccc2)c(C(=O)OCC)c1C. The molecule has 8 heteroatoms. The Bertz CT molecular complexity index is 846. The molecule has 1 heterocycles.